The highest BCUT2D eigenvalue weighted by atomic mass is 35.5. The minimum absolute atomic E-state index is 0.494. The van der Waals surface area contributed by atoms with Gasteiger partial charge in [0, 0.05) is 13.1 Å². The van der Waals surface area contributed by atoms with E-state index in [0.717, 1.165) is 29.3 Å². The van der Waals surface area contributed by atoms with E-state index in [0.29, 0.717) is 11.2 Å². The third-order valence-electron chi connectivity index (χ3n) is 4.51. The maximum Gasteiger partial charge on any atom is 0.162 e. The van der Waals surface area contributed by atoms with Gasteiger partial charge in [-0.15, -0.1) is 0 Å². The van der Waals surface area contributed by atoms with Gasteiger partial charge in [-0.25, -0.2) is 9.97 Å². The zero-order valence-corrected chi connectivity index (χ0v) is 13.6. The summed E-state index contributed by atoms with van der Waals surface area (Å²) >= 11 is 6.24. The number of hydrogen-bond donors (Lipinski definition) is 0. The Morgan fingerprint density at radius 2 is 2.19 bits per heavy atom. The van der Waals surface area contributed by atoms with Crippen LogP contribution in [0.25, 0.3) is 11.0 Å². The van der Waals surface area contributed by atoms with Crippen LogP contribution >= 0.6 is 11.6 Å². The molecule has 1 fully saturated rings. The maximum atomic E-state index is 6.24. The summed E-state index contributed by atoms with van der Waals surface area (Å²) in [6.45, 7) is 3.08. The van der Waals surface area contributed by atoms with Gasteiger partial charge in [0.15, 0.2) is 5.65 Å². The van der Waals surface area contributed by atoms with Gasteiger partial charge < -0.3 is 0 Å². The molecule has 5 nitrogen and oxygen atoms in total. The molecular formula is C15H22ClN5. The summed E-state index contributed by atoms with van der Waals surface area (Å²) in [4.78, 5) is 11.4. The van der Waals surface area contributed by atoms with Crippen LogP contribution in [0.2, 0.25) is 5.15 Å². The van der Waals surface area contributed by atoms with Crippen molar-refractivity contribution in [3.05, 3.63) is 17.2 Å². The van der Waals surface area contributed by atoms with Crippen molar-refractivity contribution >= 4 is 22.6 Å². The molecule has 2 atom stereocenters. The lowest BCUT2D eigenvalue weighted by Gasteiger charge is -2.33. The minimum atomic E-state index is 0.494. The fraction of sp³-hybridized carbons (Fsp3) is 0.667. The monoisotopic (exact) mass is 307 g/mol. The molecule has 2 aromatic heterocycles. The number of aryl methyl sites for hydroxylation is 1. The predicted octanol–water partition coefficient (Wildman–Crippen LogP) is 3.03. The van der Waals surface area contributed by atoms with Crippen LogP contribution in [0, 0.1) is 5.92 Å². The zero-order valence-electron chi connectivity index (χ0n) is 12.9. The summed E-state index contributed by atoms with van der Waals surface area (Å²) < 4.78 is 1.75. The van der Waals surface area contributed by atoms with Gasteiger partial charge in [0.1, 0.15) is 11.0 Å². The van der Waals surface area contributed by atoms with Gasteiger partial charge in [0.2, 0.25) is 0 Å². The summed E-state index contributed by atoms with van der Waals surface area (Å²) in [6, 6.07) is 0.623. The SMILES string of the molecule is CC1CCCC(N(C)Cc2nc(Cl)c3cnn(C)c3n2)C1. The molecule has 0 aliphatic heterocycles. The minimum Gasteiger partial charge on any atom is -0.296 e. The largest absolute Gasteiger partial charge is 0.296 e. The Morgan fingerprint density at radius 1 is 1.38 bits per heavy atom. The first-order valence-electron chi connectivity index (χ1n) is 7.59. The van der Waals surface area contributed by atoms with Gasteiger partial charge in [0.05, 0.1) is 18.1 Å². The molecule has 0 spiro atoms. The smallest absolute Gasteiger partial charge is 0.162 e. The van der Waals surface area contributed by atoms with Crippen molar-refractivity contribution in [2.24, 2.45) is 13.0 Å². The lowest BCUT2D eigenvalue weighted by atomic mass is 9.86. The quantitative estimate of drug-likeness (QED) is 0.818. The second-order valence-electron chi connectivity index (χ2n) is 6.28. The molecule has 2 heterocycles. The highest BCUT2D eigenvalue weighted by molar-refractivity contribution is 6.33. The molecule has 2 unspecified atom stereocenters. The molecule has 0 saturated heterocycles. The van der Waals surface area contributed by atoms with Gasteiger partial charge in [-0.05, 0) is 25.8 Å². The normalized spacial score (nSPS) is 23.1. The fourth-order valence-electron chi connectivity index (χ4n) is 3.26. The van der Waals surface area contributed by atoms with E-state index in [2.05, 4.69) is 33.9 Å². The highest BCUT2D eigenvalue weighted by Crippen LogP contribution is 2.27. The second-order valence-corrected chi connectivity index (χ2v) is 6.63. The average Bonchev–Trinajstić information content (AvgIpc) is 2.81. The molecule has 1 aliphatic carbocycles. The van der Waals surface area contributed by atoms with E-state index in [1.54, 1.807) is 10.9 Å². The third kappa shape index (κ3) is 3.04. The topological polar surface area (TPSA) is 46.8 Å². The molecule has 114 valence electrons. The Labute approximate surface area is 130 Å². The van der Waals surface area contributed by atoms with Crippen LogP contribution in [-0.4, -0.2) is 37.7 Å². The number of aromatic nitrogens is 4. The van der Waals surface area contributed by atoms with E-state index in [4.69, 9.17) is 11.6 Å². The molecule has 0 bridgehead atoms. The molecule has 0 amide bonds. The van der Waals surface area contributed by atoms with E-state index in [-0.39, 0.29) is 0 Å². The Balaban J connectivity index is 1.79. The Bertz CT molecular complexity index is 638. The standard InChI is InChI=1S/C15H22ClN5/c1-10-5-4-6-11(7-10)20(2)9-13-18-14(16)12-8-17-21(3)15(12)19-13/h8,10-11H,4-7,9H2,1-3H3. The number of nitrogens with zero attached hydrogens (tertiary/aromatic N) is 5. The third-order valence-corrected chi connectivity index (χ3v) is 4.80. The van der Waals surface area contributed by atoms with E-state index >= 15 is 0 Å². The van der Waals surface area contributed by atoms with E-state index in [1.165, 1.54) is 25.7 Å². The Morgan fingerprint density at radius 3 is 2.95 bits per heavy atom. The van der Waals surface area contributed by atoms with Gasteiger partial charge in [-0.2, -0.15) is 5.10 Å². The van der Waals surface area contributed by atoms with E-state index < -0.39 is 0 Å². The van der Waals surface area contributed by atoms with Crippen LogP contribution in [0.15, 0.2) is 6.20 Å². The summed E-state index contributed by atoms with van der Waals surface area (Å²) in [7, 11) is 4.04. The molecule has 3 rings (SSSR count). The van der Waals surface area contributed by atoms with Crippen LogP contribution in [0.1, 0.15) is 38.4 Å². The van der Waals surface area contributed by atoms with Gasteiger partial charge >= 0.3 is 0 Å². The summed E-state index contributed by atoms with van der Waals surface area (Å²) in [5, 5.41) is 5.50. The maximum absolute atomic E-state index is 6.24. The van der Waals surface area contributed by atoms with Crippen molar-refractivity contribution in [2.75, 3.05) is 7.05 Å². The van der Waals surface area contributed by atoms with Crippen molar-refractivity contribution < 1.29 is 0 Å². The molecule has 0 radical (unpaired) electrons. The first-order chi connectivity index (χ1) is 10.0. The average molecular weight is 308 g/mol. The van der Waals surface area contributed by atoms with Gasteiger partial charge in [-0.1, -0.05) is 31.4 Å². The lowest BCUT2D eigenvalue weighted by molar-refractivity contribution is 0.155. The van der Waals surface area contributed by atoms with Crippen LogP contribution in [0.3, 0.4) is 0 Å². The summed E-state index contributed by atoms with van der Waals surface area (Å²) in [5.41, 5.74) is 0.801. The Kier molecular flexibility index (Phi) is 4.13. The molecule has 21 heavy (non-hydrogen) atoms. The predicted molar refractivity (Wildman–Crippen MR) is 84.2 cm³/mol. The van der Waals surface area contributed by atoms with Crippen molar-refractivity contribution in [2.45, 2.75) is 45.2 Å². The van der Waals surface area contributed by atoms with Gasteiger partial charge in [-0.3, -0.25) is 9.58 Å². The molecule has 0 aromatic carbocycles. The molecule has 1 aliphatic rings. The van der Waals surface area contributed by atoms with Crippen molar-refractivity contribution in [1.82, 2.24) is 24.6 Å². The highest BCUT2D eigenvalue weighted by Gasteiger charge is 2.23. The first-order valence-corrected chi connectivity index (χ1v) is 7.96. The number of hydrogen-bond acceptors (Lipinski definition) is 4. The molecule has 2 aromatic rings. The van der Waals surface area contributed by atoms with Crippen molar-refractivity contribution in [3.63, 3.8) is 0 Å². The molecule has 0 N–H and O–H groups in total. The van der Waals surface area contributed by atoms with Crippen LogP contribution in [0.4, 0.5) is 0 Å². The molecule has 1 saturated carbocycles. The summed E-state index contributed by atoms with van der Waals surface area (Å²) in [6.07, 6.45) is 6.92. The fourth-order valence-corrected chi connectivity index (χ4v) is 3.49. The first kappa shape index (κ1) is 14.7. The number of halogens is 1. The Hall–Kier alpha value is -1.20. The van der Waals surface area contributed by atoms with Crippen LogP contribution in [0.5, 0.6) is 0 Å². The summed E-state index contributed by atoms with van der Waals surface area (Å²) in [5.74, 6) is 1.59. The number of fused-ring (bicyclic) bond motifs is 1. The van der Waals surface area contributed by atoms with Crippen molar-refractivity contribution in [3.8, 4) is 0 Å². The van der Waals surface area contributed by atoms with Crippen molar-refractivity contribution in [1.29, 1.82) is 0 Å². The van der Waals surface area contributed by atoms with Crippen LogP contribution < -0.4 is 0 Å². The van der Waals surface area contributed by atoms with E-state index in [1.807, 2.05) is 7.05 Å². The molecular weight excluding hydrogens is 286 g/mol. The second kappa shape index (κ2) is 5.89. The van der Waals surface area contributed by atoms with Crippen LogP contribution in [-0.2, 0) is 13.6 Å². The van der Waals surface area contributed by atoms with E-state index in [9.17, 15) is 0 Å². The lowest BCUT2D eigenvalue weighted by Crippen LogP contribution is -2.35. The van der Waals surface area contributed by atoms with Gasteiger partial charge in [0.25, 0.3) is 0 Å². The zero-order chi connectivity index (χ0) is 15.0. The number of rotatable bonds is 3. The molecule has 6 heteroatoms.